The summed E-state index contributed by atoms with van der Waals surface area (Å²) in [4.78, 5) is 6.66. The Bertz CT molecular complexity index is 647. The van der Waals surface area contributed by atoms with Crippen molar-refractivity contribution in [2.75, 3.05) is 25.0 Å². The van der Waals surface area contributed by atoms with Gasteiger partial charge in [0.25, 0.3) is 0 Å². The lowest BCUT2D eigenvalue weighted by Crippen LogP contribution is -2.44. The minimum absolute atomic E-state index is 0. The largest absolute Gasteiger partial charge is 0.369 e. The first-order valence-electron chi connectivity index (χ1n) is 7.61. The topological polar surface area (TPSA) is 65.7 Å². The van der Waals surface area contributed by atoms with E-state index in [1.165, 1.54) is 5.69 Å². The lowest BCUT2D eigenvalue weighted by atomic mass is 10.3. The van der Waals surface area contributed by atoms with Gasteiger partial charge < -0.3 is 20.1 Å². The van der Waals surface area contributed by atoms with Crippen molar-refractivity contribution in [1.29, 1.82) is 0 Å². The van der Waals surface area contributed by atoms with E-state index in [4.69, 9.17) is 4.52 Å². The van der Waals surface area contributed by atoms with E-state index in [2.05, 4.69) is 65.9 Å². The molecule has 1 unspecified atom stereocenters. The molecule has 0 bridgehead atoms. The maximum atomic E-state index is 4.83. The van der Waals surface area contributed by atoms with Gasteiger partial charge in [-0.25, -0.2) is 0 Å². The van der Waals surface area contributed by atoms with Crippen molar-refractivity contribution in [2.24, 2.45) is 4.99 Å². The molecule has 0 spiro atoms. The maximum absolute atomic E-state index is 4.83. The summed E-state index contributed by atoms with van der Waals surface area (Å²) < 4.78 is 5.93. The zero-order chi connectivity index (χ0) is 16.1. The molecule has 6 nitrogen and oxygen atoms in total. The van der Waals surface area contributed by atoms with Gasteiger partial charge in [0.05, 0.1) is 6.54 Å². The average molecular weight is 506 g/mol. The van der Waals surface area contributed by atoms with E-state index in [-0.39, 0.29) is 24.0 Å². The Balaban J connectivity index is 0.00000208. The summed E-state index contributed by atoms with van der Waals surface area (Å²) in [6.07, 6.45) is 2.65. The van der Waals surface area contributed by atoms with Crippen molar-refractivity contribution >= 4 is 51.6 Å². The van der Waals surface area contributed by atoms with Crippen molar-refractivity contribution in [1.82, 2.24) is 15.8 Å². The lowest BCUT2D eigenvalue weighted by Gasteiger charge is -2.20. The van der Waals surface area contributed by atoms with Crippen LogP contribution in [0.3, 0.4) is 0 Å². The van der Waals surface area contributed by atoms with Crippen LogP contribution in [0.15, 0.2) is 50.6 Å². The summed E-state index contributed by atoms with van der Waals surface area (Å²) in [5.74, 6) is 0.788. The smallest absolute Gasteiger partial charge is 0.191 e. The third kappa shape index (κ3) is 5.10. The SMILES string of the molecule is CN=C(NCc1ccon1)NC1CCN(c2ccc(Br)cc2)C1.I. The quantitative estimate of drug-likeness (QED) is 0.380. The maximum Gasteiger partial charge on any atom is 0.191 e. The van der Waals surface area contributed by atoms with Crippen LogP contribution in [-0.2, 0) is 6.54 Å². The zero-order valence-corrected chi connectivity index (χ0v) is 17.3. The summed E-state index contributed by atoms with van der Waals surface area (Å²) in [6, 6.07) is 10.7. The summed E-state index contributed by atoms with van der Waals surface area (Å²) in [5.41, 5.74) is 2.11. The van der Waals surface area contributed by atoms with Crippen LogP contribution in [0.4, 0.5) is 5.69 Å². The van der Waals surface area contributed by atoms with Gasteiger partial charge in [0, 0.05) is 42.4 Å². The highest BCUT2D eigenvalue weighted by atomic mass is 127. The van der Waals surface area contributed by atoms with Gasteiger partial charge in [-0.05, 0) is 30.7 Å². The molecule has 0 amide bonds. The molecule has 0 saturated carbocycles. The Morgan fingerprint density at radius 2 is 2.17 bits per heavy atom. The van der Waals surface area contributed by atoms with Crippen LogP contribution in [0.5, 0.6) is 0 Å². The molecule has 1 aromatic heterocycles. The van der Waals surface area contributed by atoms with Crippen LogP contribution < -0.4 is 15.5 Å². The van der Waals surface area contributed by atoms with Gasteiger partial charge in [-0.2, -0.15) is 0 Å². The number of anilines is 1. The van der Waals surface area contributed by atoms with Crippen LogP contribution >= 0.6 is 39.9 Å². The molecule has 1 fully saturated rings. The summed E-state index contributed by atoms with van der Waals surface area (Å²) >= 11 is 3.47. The predicted molar refractivity (Wildman–Crippen MR) is 110 cm³/mol. The number of guanidine groups is 1. The van der Waals surface area contributed by atoms with E-state index in [1.54, 1.807) is 13.3 Å². The normalized spacial score (nSPS) is 17.5. The third-order valence-electron chi connectivity index (χ3n) is 3.87. The molecule has 24 heavy (non-hydrogen) atoms. The second-order valence-electron chi connectivity index (χ2n) is 5.47. The fraction of sp³-hybridized carbons (Fsp3) is 0.375. The second-order valence-corrected chi connectivity index (χ2v) is 6.38. The van der Waals surface area contributed by atoms with Gasteiger partial charge in [0.1, 0.15) is 12.0 Å². The average Bonchev–Trinajstić information content (AvgIpc) is 3.24. The van der Waals surface area contributed by atoms with E-state index in [0.717, 1.165) is 35.6 Å². The number of hydrogen-bond donors (Lipinski definition) is 2. The zero-order valence-electron chi connectivity index (χ0n) is 13.4. The highest BCUT2D eigenvalue weighted by Gasteiger charge is 2.23. The molecule has 2 N–H and O–H groups in total. The summed E-state index contributed by atoms with van der Waals surface area (Å²) in [6.45, 7) is 2.60. The monoisotopic (exact) mass is 505 g/mol. The number of nitrogens with zero attached hydrogens (tertiary/aromatic N) is 3. The molecule has 130 valence electrons. The van der Waals surface area contributed by atoms with Crippen molar-refractivity contribution in [3.63, 3.8) is 0 Å². The molecule has 1 atom stereocenters. The Morgan fingerprint density at radius 3 is 2.83 bits per heavy atom. The van der Waals surface area contributed by atoms with Crippen molar-refractivity contribution < 1.29 is 4.52 Å². The Kier molecular flexibility index (Phi) is 7.35. The van der Waals surface area contributed by atoms with E-state index in [0.29, 0.717) is 12.6 Å². The molecule has 0 radical (unpaired) electrons. The molecule has 2 heterocycles. The number of aliphatic imine (C=N–C) groups is 1. The fourth-order valence-electron chi connectivity index (χ4n) is 2.66. The summed E-state index contributed by atoms with van der Waals surface area (Å²) in [5, 5.41) is 10.6. The molecule has 2 aromatic rings. The summed E-state index contributed by atoms with van der Waals surface area (Å²) in [7, 11) is 1.78. The molecule has 1 saturated heterocycles. The minimum Gasteiger partial charge on any atom is -0.369 e. The first-order valence-corrected chi connectivity index (χ1v) is 8.41. The first-order chi connectivity index (χ1) is 11.2. The number of hydrogen-bond acceptors (Lipinski definition) is 4. The van der Waals surface area contributed by atoms with Gasteiger partial charge in [-0.3, -0.25) is 4.99 Å². The molecule has 0 aliphatic carbocycles. The molecular formula is C16H21BrIN5O. The molecular weight excluding hydrogens is 485 g/mol. The number of nitrogens with one attached hydrogen (secondary N) is 2. The number of benzene rings is 1. The van der Waals surface area contributed by atoms with Crippen LogP contribution in [0, 0.1) is 0 Å². The van der Waals surface area contributed by atoms with Crippen molar-refractivity contribution in [3.8, 4) is 0 Å². The van der Waals surface area contributed by atoms with Crippen LogP contribution in [0.1, 0.15) is 12.1 Å². The van der Waals surface area contributed by atoms with E-state index < -0.39 is 0 Å². The van der Waals surface area contributed by atoms with Crippen molar-refractivity contribution in [3.05, 3.63) is 46.8 Å². The molecule has 1 aliphatic rings. The van der Waals surface area contributed by atoms with E-state index in [1.807, 2.05) is 6.07 Å². The number of rotatable bonds is 4. The first kappa shape index (κ1) is 19.0. The van der Waals surface area contributed by atoms with E-state index in [9.17, 15) is 0 Å². The van der Waals surface area contributed by atoms with Crippen LogP contribution in [-0.4, -0.2) is 37.3 Å². The van der Waals surface area contributed by atoms with Gasteiger partial charge >= 0.3 is 0 Å². The minimum atomic E-state index is 0. The Morgan fingerprint density at radius 1 is 1.38 bits per heavy atom. The van der Waals surface area contributed by atoms with Gasteiger partial charge in [0.15, 0.2) is 5.96 Å². The molecule has 3 rings (SSSR count). The Labute approximate surface area is 167 Å². The standard InChI is InChI=1S/C16H20BrN5O.HI/c1-18-16(19-10-13-7-9-23-21-13)20-14-6-8-22(11-14)15-4-2-12(17)3-5-15;/h2-5,7,9,14H,6,8,10-11H2,1H3,(H2,18,19,20);1H. The Hall–Kier alpha value is -1.29. The van der Waals surface area contributed by atoms with Crippen LogP contribution in [0.25, 0.3) is 0 Å². The van der Waals surface area contributed by atoms with Gasteiger partial charge in [0.2, 0.25) is 0 Å². The highest BCUT2D eigenvalue weighted by Crippen LogP contribution is 2.22. The molecule has 1 aromatic carbocycles. The van der Waals surface area contributed by atoms with Crippen molar-refractivity contribution in [2.45, 2.75) is 19.0 Å². The van der Waals surface area contributed by atoms with E-state index >= 15 is 0 Å². The lowest BCUT2D eigenvalue weighted by molar-refractivity contribution is 0.410. The fourth-order valence-corrected chi connectivity index (χ4v) is 2.92. The second kappa shape index (κ2) is 9.26. The van der Waals surface area contributed by atoms with Gasteiger partial charge in [-0.1, -0.05) is 21.1 Å². The number of aromatic nitrogens is 1. The third-order valence-corrected chi connectivity index (χ3v) is 4.40. The number of halogens is 2. The van der Waals surface area contributed by atoms with Crippen LogP contribution in [0.2, 0.25) is 0 Å². The predicted octanol–water partition coefficient (Wildman–Crippen LogP) is 3.00. The van der Waals surface area contributed by atoms with Gasteiger partial charge in [-0.15, -0.1) is 24.0 Å². The molecule has 1 aliphatic heterocycles. The molecule has 8 heteroatoms. The highest BCUT2D eigenvalue weighted by molar-refractivity contribution is 14.0.